The second-order valence-electron chi connectivity index (χ2n) is 4.97. The van der Waals surface area contributed by atoms with E-state index < -0.39 is 0 Å². The zero-order valence-corrected chi connectivity index (χ0v) is 12.5. The third kappa shape index (κ3) is 2.08. The molecule has 2 aromatic heterocycles. The number of para-hydroxylation sites is 1. The Kier molecular flexibility index (Phi) is 3.22. The Bertz CT molecular complexity index is 756. The molecule has 1 aromatic carbocycles. The van der Waals surface area contributed by atoms with Gasteiger partial charge in [0, 0.05) is 7.05 Å². The molecule has 104 valence electrons. The van der Waals surface area contributed by atoms with Crippen LogP contribution in [0.3, 0.4) is 0 Å². The minimum Gasteiger partial charge on any atom is -0.319 e. The van der Waals surface area contributed by atoms with Crippen LogP contribution in [0, 0.1) is 6.92 Å². The molecule has 3 aromatic rings. The van der Waals surface area contributed by atoms with Gasteiger partial charge in [-0.15, -0.1) is 21.8 Å². The largest absolute Gasteiger partial charge is 0.319 e. The first-order valence-corrected chi connectivity index (χ1v) is 6.94. The Morgan fingerprint density at radius 3 is 2.80 bits per heavy atom. The van der Waals surface area contributed by atoms with Gasteiger partial charge in [0.15, 0.2) is 5.82 Å². The average Bonchev–Trinajstić information content (AvgIpc) is 2.96. The molecule has 1 atom stereocenters. The minimum atomic E-state index is -0.157. The molecule has 0 radical (unpaired) electrons. The Hall–Kier alpha value is -1.88. The summed E-state index contributed by atoms with van der Waals surface area (Å²) in [6, 6.07) is 6.16. The van der Waals surface area contributed by atoms with Crippen molar-refractivity contribution in [2.24, 2.45) is 7.05 Å². The first-order chi connectivity index (χ1) is 9.58. The lowest BCUT2D eigenvalue weighted by atomic mass is 10.2. The second-order valence-corrected chi connectivity index (χ2v) is 5.63. The van der Waals surface area contributed by atoms with Crippen LogP contribution in [-0.4, -0.2) is 24.3 Å². The highest BCUT2D eigenvalue weighted by Crippen LogP contribution is 2.26. The molecule has 5 nitrogen and oxygen atoms in total. The monoisotopic (exact) mass is 289 g/mol. The van der Waals surface area contributed by atoms with E-state index in [0.29, 0.717) is 6.54 Å². The maximum absolute atomic E-state index is 6.29. The van der Waals surface area contributed by atoms with Gasteiger partial charge in [0.2, 0.25) is 0 Å². The molecule has 0 saturated heterocycles. The number of hydrogen-bond donors (Lipinski definition) is 0. The maximum atomic E-state index is 6.29. The number of nitrogens with zero attached hydrogens (tertiary/aromatic N) is 5. The van der Waals surface area contributed by atoms with Crippen molar-refractivity contribution in [2.75, 3.05) is 0 Å². The smallest absolute Gasteiger partial charge is 0.152 e. The summed E-state index contributed by atoms with van der Waals surface area (Å²) in [6.07, 6.45) is 1.70. The fourth-order valence-corrected chi connectivity index (χ4v) is 2.53. The van der Waals surface area contributed by atoms with E-state index in [4.69, 9.17) is 16.6 Å². The van der Waals surface area contributed by atoms with Crippen LogP contribution in [0.5, 0.6) is 0 Å². The standard InChI is InChI=1S/C14H16ClN5/c1-9-5-4-6-11-13(9)17-14(10(2)15)20(11)7-12-18-16-8-19(12)3/h4-6,8,10H,7H2,1-3H3. The van der Waals surface area contributed by atoms with Crippen LogP contribution >= 0.6 is 11.6 Å². The molecular weight excluding hydrogens is 274 g/mol. The Morgan fingerprint density at radius 2 is 2.15 bits per heavy atom. The molecule has 0 spiro atoms. The van der Waals surface area contributed by atoms with Gasteiger partial charge in [0.1, 0.15) is 12.2 Å². The van der Waals surface area contributed by atoms with Crippen LogP contribution < -0.4 is 0 Å². The number of benzene rings is 1. The summed E-state index contributed by atoms with van der Waals surface area (Å²) >= 11 is 6.29. The zero-order chi connectivity index (χ0) is 14.3. The van der Waals surface area contributed by atoms with Gasteiger partial charge in [-0.25, -0.2) is 4.98 Å². The van der Waals surface area contributed by atoms with Crippen molar-refractivity contribution in [3.05, 3.63) is 41.7 Å². The Labute approximate surface area is 122 Å². The molecule has 2 heterocycles. The molecule has 0 bridgehead atoms. The van der Waals surface area contributed by atoms with E-state index in [1.165, 1.54) is 0 Å². The number of alkyl halides is 1. The molecule has 6 heteroatoms. The highest BCUT2D eigenvalue weighted by Gasteiger charge is 2.17. The molecule has 1 unspecified atom stereocenters. The van der Waals surface area contributed by atoms with E-state index in [2.05, 4.69) is 33.8 Å². The molecular formula is C14H16ClN5. The van der Waals surface area contributed by atoms with Gasteiger partial charge in [0.05, 0.1) is 23.0 Å². The van der Waals surface area contributed by atoms with Gasteiger partial charge >= 0.3 is 0 Å². The first kappa shape index (κ1) is 13.1. The Balaban J connectivity index is 2.19. The highest BCUT2D eigenvalue weighted by atomic mass is 35.5. The number of aryl methyl sites for hydroxylation is 2. The SMILES string of the molecule is Cc1cccc2c1nc(C(C)Cl)n2Cc1nncn1C. The van der Waals surface area contributed by atoms with Crippen LogP contribution in [-0.2, 0) is 13.6 Å². The van der Waals surface area contributed by atoms with Crippen molar-refractivity contribution < 1.29 is 0 Å². The fourth-order valence-electron chi connectivity index (χ4n) is 2.37. The van der Waals surface area contributed by atoms with Gasteiger partial charge in [-0.3, -0.25) is 0 Å². The van der Waals surface area contributed by atoms with Crippen molar-refractivity contribution in [2.45, 2.75) is 25.8 Å². The first-order valence-electron chi connectivity index (χ1n) is 6.50. The van der Waals surface area contributed by atoms with E-state index in [-0.39, 0.29) is 5.38 Å². The number of hydrogen-bond acceptors (Lipinski definition) is 3. The molecule has 0 amide bonds. The summed E-state index contributed by atoms with van der Waals surface area (Å²) in [4.78, 5) is 4.70. The van der Waals surface area contributed by atoms with E-state index >= 15 is 0 Å². The van der Waals surface area contributed by atoms with Crippen LogP contribution in [0.1, 0.15) is 29.5 Å². The molecule has 3 rings (SSSR count). The lowest BCUT2D eigenvalue weighted by molar-refractivity contribution is 0.675. The van der Waals surface area contributed by atoms with E-state index in [9.17, 15) is 0 Å². The highest BCUT2D eigenvalue weighted by molar-refractivity contribution is 6.20. The number of rotatable bonds is 3. The third-order valence-corrected chi connectivity index (χ3v) is 3.67. The summed E-state index contributed by atoms with van der Waals surface area (Å²) in [5.41, 5.74) is 3.23. The number of halogens is 1. The van der Waals surface area contributed by atoms with Gasteiger partial charge in [-0.05, 0) is 25.5 Å². The molecule has 0 fully saturated rings. The quantitative estimate of drug-likeness (QED) is 0.697. The Morgan fingerprint density at radius 1 is 1.35 bits per heavy atom. The second kappa shape index (κ2) is 4.90. The van der Waals surface area contributed by atoms with Crippen LogP contribution in [0.25, 0.3) is 11.0 Å². The summed E-state index contributed by atoms with van der Waals surface area (Å²) < 4.78 is 4.02. The van der Waals surface area contributed by atoms with Crippen molar-refractivity contribution in [3.8, 4) is 0 Å². The molecule has 0 aliphatic heterocycles. The van der Waals surface area contributed by atoms with Crippen molar-refractivity contribution in [1.29, 1.82) is 0 Å². The minimum absolute atomic E-state index is 0.157. The van der Waals surface area contributed by atoms with Gasteiger partial charge in [-0.1, -0.05) is 12.1 Å². The predicted octanol–water partition coefficient (Wildman–Crippen LogP) is 2.82. The summed E-state index contributed by atoms with van der Waals surface area (Å²) in [5, 5.41) is 7.90. The molecule has 0 saturated carbocycles. The fraction of sp³-hybridized carbons (Fsp3) is 0.357. The van der Waals surface area contributed by atoms with Crippen LogP contribution in [0.2, 0.25) is 0 Å². The molecule has 20 heavy (non-hydrogen) atoms. The summed E-state index contributed by atoms with van der Waals surface area (Å²) in [7, 11) is 1.93. The van der Waals surface area contributed by atoms with E-state index in [1.807, 2.05) is 24.6 Å². The molecule has 0 N–H and O–H groups in total. The van der Waals surface area contributed by atoms with Crippen molar-refractivity contribution >= 4 is 22.6 Å². The predicted molar refractivity (Wildman–Crippen MR) is 78.8 cm³/mol. The van der Waals surface area contributed by atoms with Gasteiger partial charge in [-0.2, -0.15) is 0 Å². The molecule has 0 aliphatic rings. The summed E-state index contributed by atoms with van der Waals surface area (Å²) in [5.74, 6) is 1.74. The number of imidazole rings is 1. The topological polar surface area (TPSA) is 48.5 Å². The third-order valence-electron chi connectivity index (χ3n) is 3.47. The van der Waals surface area contributed by atoms with Crippen LogP contribution in [0.15, 0.2) is 24.5 Å². The van der Waals surface area contributed by atoms with E-state index in [0.717, 1.165) is 28.2 Å². The van der Waals surface area contributed by atoms with E-state index in [1.54, 1.807) is 6.33 Å². The normalized spacial score (nSPS) is 13.0. The maximum Gasteiger partial charge on any atom is 0.152 e. The summed E-state index contributed by atoms with van der Waals surface area (Å²) in [6.45, 7) is 4.61. The van der Waals surface area contributed by atoms with Crippen molar-refractivity contribution in [3.63, 3.8) is 0 Å². The average molecular weight is 290 g/mol. The molecule has 0 aliphatic carbocycles. The van der Waals surface area contributed by atoms with Gasteiger partial charge < -0.3 is 9.13 Å². The van der Waals surface area contributed by atoms with Crippen molar-refractivity contribution in [1.82, 2.24) is 24.3 Å². The number of aromatic nitrogens is 5. The lowest BCUT2D eigenvalue weighted by Crippen LogP contribution is -2.09. The van der Waals surface area contributed by atoms with Gasteiger partial charge in [0.25, 0.3) is 0 Å². The van der Waals surface area contributed by atoms with Crippen LogP contribution in [0.4, 0.5) is 0 Å². The lowest BCUT2D eigenvalue weighted by Gasteiger charge is -2.09. The zero-order valence-electron chi connectivity index (χ0n) is 11.7. The number of fused-ring (bicyclic) bond motifs is 1.